The van der Waals surface area contributed by atoms with Gasteiger partial charge in [-0.25, -0.2) is 4.79 Å². The van der Waals surface area contributed by atoms with Crippen molar-refractivity contribution in [1.82, 2.24) is 20.2 Å². The van der Waals surface area contributed by atoms with E-state index in [0.29, 0.717) is 6.54 Å². The molecule has 92 valence electrons. The quantitative estimate of drug-likeness (QED) is 0.545. The van der Waals surface area contributed by atoms with Gasteiger partial charge >= 0.3 is 5.69 Å². The lowest BCUT2D eigenvalue weighted by Crippen LogP contribution is -2.02. The minimum atomic E-state index is -0.200. The zero-order chi connectivity index (χ0) is 12.5. The van der Waals surface area contributed by atoms with Crippen LogP contribution in [-0.4, -0.2) is 26.7 Å². The van der Waals surface area contributed by atoms with E-state index in [4.69, 9.17) is 5.73 Å². The Labute approximate surface area is 102 Å². The first kappa shape index (κ1) is 10.8. The smallest absolute Gasteiger partial charge is 0.323 e. The van der Waals surface area contributed by atoms with E-state index in [1.807, 2.05) is 18.2 Å². The molecule has 0 saturated heterocycles. The third kappa shape index (κ3) is 1.72. The number of benzene rings is 1. The van der Waals surface area contributed by atoms with Crippen LogP contribution in [0.15, 0.2) is 29.2 Å². The van der Waals surface area contributed by atoms with Crippen LogP contribution in [0, 0.1) is 0 Å². The molecule has 0 aliphatic heterocycles. The van der Waals surface area contributed by atoms with Crippen molar-refractivity contribution in [2.45, 2.75) is 6.42 Å². The minimum absolute atomic E-state index is 0.200. The van der Waals surface area contributed by atoms with Gasteiger partial charge in [0.1, 0.15) is 0 Å². The number of nitrogens with two attached hydrogens (primary N) is 1. The maximum atomic E-state index is 11.2. The van der Waals surface area contributed by atoms with Crippen molar-refractivity contribution in [3.63, 3.8) is 0 Å². The number of aromatic amines is 3. The largest absolute Gasteiger partial charge is 0.330 e. The third-order valence-electron chi connectivity index (χ3n) is 2.94. The van der Waals surface area contributed by atoms with E-state index in [2.05, 4.69) is 20.2 Å². The Morgan fingerprint density at radius 2 is 2.06 bits per heavy atom. The number of fused-ring (bicyclic) bond motifs is 1. The number of aromatic nitrogens is 4. The molecule has 2 aromatic heterocycles. The van der Waals surface area contributed by atoms with Gasteiger partial charge in [-0.05, 0) is 30.7 Å². The average Bonchev–Trinajstić information content (AvgIpc) is 2.93. The van der Waals surface area contributed by atoms with Crippen LogP contribution in [0.2, 0.25) is 0 Å². The van der Waals surface area contributed by atoms with Gasteiger partial charge < -0.3 is 15.7 Å². The fourth-order valence-corrected chi connectivity index (χ4v) is 2.09. The molecule has 0 radical (unpaired) electrons. The van der Waals surface area contributed by atoms with Gasteiger partial charge in [0.2, 0.25) is 0 Å². The van der Waals surface area contributed by atoms with Gasteiger partial charge in [-0.2, -0.15) is 5.10 Å². The number of nitrogens with zero attached hydrogens (tertiary/aromatic N) is 1. The number of hydrogen-bond donors (Lipinski definition) is 4. The summed E-state index contributed by atoms with van der Waals surface area (Å²) in [6.45, 7) is 0.579. The molecule has 0 unspecified atom stereocenters. The van der Waals surface area contributed by atoms with E-state index >= 15 is 0 Å². The SMILES string of the molecule is NCCc1cn[nH]c1-c1ccc2[nH]c(=O)[nH]c2c1. The molecule has 3 aromatic rings. The molecule has 0 bridgehead atoms. The second-order valence-corrected chi connectivity index (χ2v) is 4.15. The van der Waals surface area contributed by atoms with Crippen molar-refractivity contribution in [3.05, 3.63) is 40.4 Å². The number of imidazole rings is 1. The molecule has 2 heterocycles. The predicted octanol–water partition coefficient (Wildman–Crippen LogP) is 0.748. The maximum Gasteiger partial charge on any atom is 0.323 e. The molecule has 18 heavy (non-hydrogen) atoms. The summed E-state index contributed by atoms with van der Waals surface area (Å²) in [7, 11) is 0. The zero-order valence-electron chi connectivity index (χ0n) is 9.66. The van der Waals surface area contributed by atoms with Crippen molar-refractivity contribution in [2.75, 3.05) is 6.54 Å². The number of nitrogens with one attached hydrogen (secondary N) is 3. The first-order valence-electron chi connectivity index (χ1n) is 5.72. The predicted molar refractivity (Wildman–Crippen MR) is 69.3 cm³/mol. The first-order chi connectivity index (χ1) is 8.78. The minimum Gasteiger partial charge on any atom is -0.330 e. The Bertz CT molecular complexity index is 736. The van der Waals surface area contributed by atoms with Crippen LogP contribution in [-0.2, 0) is 6.42 Å². The number of rotatable bonds is 3. The highest BCUT2D eigenvalue weighted by Crippen LogP contribution is 2.23. The molecule has 0 aliphatic carbocycles. The Morgan fingerprint density at radius 1 is 1.22 bits per heavy atom. The molecule has 0 saturated carbocycles. The summed E-state index contributed by atoms with van der Waals surface area (Å²) in [5, 5.41) is 7.01. The lowest BCUT2D eigenvalue weighted by Gasteiger charge is -2.02. The second kappa shape index (κ2) is 4.15. The van der Waals surface area contributed by atoms with Crippen molar-refractivity contribution < 1.29 is 0 Å². The van der Waals surface area contributed by atoms with Crippen LogP contribution >= 0.6 is 0 Å². The Morgan fingerprint density at radius 3 is 2.89 bits per heavy atom. The maximum absolute atomic E-state index is 11.2. The topological polar surface area (TPSA) is 103 Å². The summed E-state index contributed by atoms with van der Waals surface area (Å²) in [6.07, 6.45) is 2.56. The highest BCUT2D eigenvalue weighted by atomic mass is 16.1. The van der Waals surface area contributed by atoms with Crippen LogP contribution in [0.1, 0.15) is 5.56 Å². The van der Waals surface area contributed by atoms with E-state index < -0.39 is 0 Å². The molecular weight excluding hydrogens is 230 g/mol. The lowest BCUT2D eigenvalue weighted by molar-refractivity contribution is 0.972. The fraction of sp³-hybridized carbons (Fsp3) is 0.167. The Hall–Kier alpha value is -2.34. The van der Waals surface area contributed by atoms with Crippen molar-refractivity contribution in [3.8, 4) is 11.3 Å². The zero-order valence-corrected chi connectivity index (χ0v) is 9.66. The molecule has 0 aliphatic rings. The standard InChI is InChI=1S/C12H13N5O/c13-4-3-8-6-14-17-11(8)7-1-2-9-10(5-7)16-12(18)15-9/h1-2,5-6H,3-4,13H2,(H,14,17)(H2,15,16,18). The summed E-state index contributed by atoms with van der Waals surface area (Å²) in [5.74, 6) is 0. The Balaban J connectivity index is 2.12. The molecule has 0 amide bonds. The molecule has 0 atom stereocenters. The fourth-order valence-electron chi connectivity index (χ4n) is 2.09. The van der Waals surface area contributed by atoms with Crippen LogP contribution in [0.25, 0.3) is 22.3 Å². The van der Waals surface area contributed by atoms with Crippen molar-refractivity contribution >= 4 is 11.0 Å². The third-order valence-corrected chi connectivity index (χ3v) is 2.94. The molecule has 6 nitrogen and oxygen atoms in total. The summed E-state index contributed by atoms with van der Waals surface area (Å²) >= 11 is 0. The van der Waals surface area contributed by atoms with Gasteiger partial charge in [0.25, 0.3) is 0 Å². The van der Waals surface area contributed by atoms with E-state index in [1.165, 1.54) is 0 Å². The van der Waals surface area contributed by atoms with Gasteiger partial charge in [-0.3, -0.25) is 5.10 Å². The molecule has 0 spiro atoms. The molecule has 1 aromatic carbocycles. The van der Waals surface area contributed by atoms with Gasteiger partial charge in [0, 0.05) is 5.56 Å². The van der Waals surface area contributed by atoms with Crippen LogP contribution in [0.5, 0.6) is 0 Å². The molecule has 5 N–H and O–H groups in total. The van der Waals surface area contributed by atoms with Gasteiger partial charge in [0.05, 0.1) is 22.9 Å². The lowest BCUT2D eigenvalue weighted by atomic mass is 10.1. The van der Waals surface area contributed by atoms with Gasteiger partial charge in [-0.1, -0.05) is 6.07 Å². The first-order valence-corrected chi connectivity index (χ1v) is 5.72. The van der Waals surface area contributed by atoms with Crippen LogP contribution in [0.4, 0.5) is 0 Å². The van der Waals surface area contributed by atoms with E-state index in [1.54, 1.807) is 6.20 Å². The summed E-state index contributed by atoms with van der Waals surface area (Å²) in [4.78, 5) is 16.7. The van der Waals surface area contributed by atoms with Gasteiger partial charge in [-0.15, -0.1) is 0 Å². The highest BCUT2D eigenvalue weighted by molar-refractivity contribution is 5.81. The number of H-pyrrole nitrogens is 3. The van der Waals surface area contributed by atoms with Gasteiger partial charge in [0.15, 0.2) is 0 Å². The van der Waals surface area contributed by atoms with Crippen LogP contribution < -0.4 is 11.4 Å². The van der Waals surface area contributed by atoms with Crippen molar-refractivity contribution in [1.29, 1.82) is 0 Å². The molecular formula is C12H13N5O. The van der Waals surface area contributed by atoms with Crippen LogP contribution in [0.3, 0.4) is 0 Å². The summed E-state index contributed by atoms with van der Waals surface area (Å²) in [5.41, 5.74) is 9.96. The molecule has 6 heteroatoms. The van der Waals surface area contributed by atoms with E-state index in [-0.39, 0.29) is 5.69 Å². The van der Waals surface area contributed by atoms with Crippen molar-refractivity contribution in [2.24, 2.45) is 5.73 Å². The van der Waals surface area contributed by atoms with E-state index in [9.17, 15) is 4.79 Å². The second-order valence-electron chi connectivity index (χ2n) is 4.15. The molecule has 3 rings (SSSR count). The molecule has 0 fully saturated rings. The highest BCUT2D eigenvalue weighted by Gasteiger charge is 2.08. The Kier molecular flexibility index (Phi) is 2.49. The summed E-state index contributed by atoms with van der Waals surface area (Å²) in [6, 6.07) is 5.73. The monoisotopic (exact) mass is 243 g/mol. The number of hydrogen-bond acceptors (Lipinski definition) is 3. The average molecular weight is 243 g/mol. The summed E-state index contributed by atoms with van der Waals surface area (Å²) < 4.78 is 0. The van der Waals surface area contributed by atoms with E-state index in [0.717, 1.165) is 34.3 Å². The normalized spacial score (nSPS) is 11.2.